The Morgan fingerprint density at radius 2 is 1.90 bits per heavy atom. The van der Waals surface area contributed by atoms with Crippen LogP contribution in [0.1, 0.15) is 5.69 Å². The number of hydrogen-bond donors (Lipinski definition) is 2. The van der Waals surface area contributed by atoms with Crippen LogP contribution >= 0.6 is 22.9 Å². The Hall–Kier alpha value is -3.12. The third kappa shape index (κ3) is 4.49. The van der Waals surface area contributed by atoms with Gasteiger partial charge >= 0.3 is 5.56 Å². The van der Waals surface area contributed by atoms with Crippen molar-refractivity contribution in [2.24, 2.45) is 10.2 Å². The summed E-state index contributed by atoms with van der Waals surface area (Å²) in [4.78, 5) is 17.0. The molecular formula is C19H14ClN5O4S2. The van der Waals surface area contributed by atoms with Crippen LogP contribution in [0.25, 0.3) is 16.4 Å². The molecule has 0 atom stereocenters. The topological polar surface area (TPSA) is 130 Å². The average Bonchev–Trinajstić information content (AvgIpc) is 3.31. The van der Waals surface area contributed by atoms with E-state index in [1.54, 1.807) is 19.1 Å². The van der Waals surface area contributed by atoms with Crippen LogP contribution < -0.4 is 5.56 Å². The molecule has 4 rings (SSSR count). The molecule has 0 radical (unpaired) electrons. The number of aromatic amines is 1. The lowest BCUT2D eigenvalue weighted by atomic mass is 10.2. The summed E-state index contributed by atoms with van der Waals surface area (Å²) in [6.45, 7) is 1.68. The summed E-state index contributed by atoms with van der Waals surface area (Å²) in [6.07, 6.45) is 0. The van der Waals surface area contributed by atoms with Gasteiger partial charge in [-0.15, -0.1) is 16.5 Å². The van der Waals surface area contributed by atoms with E-state index in [9.17, 15) is 13.2 Å². The highest BCUT2D eigenvalue weighted by Gasteiger charge is 2.15. The smallest absolute Gasteiger partial charge is 0.291 e. The molecule has 9 nitrogen and oxygen atoms in total. The number of azo groups is 1. The number of nitrogens with one attached hydrogen (secondary N) is 1. The fourth-order valence-electron chi connectivity index (χ4n) is 2.73. The number of halogens is 1. The maximum absolute atomic E-state index is 12.8. The lowest BCUT2D eigenvalue weighted by Gasteiger charge is -1.97. The van der Waals surface area contributed by atoms with E-state index in [0.717, 1.165) is 5.56 Å². The van der Waals surface area contributed by atoms with Crippen LogP contribution in [0.3, 0.4) is 0 Å². The molecule has 0 saturated heterocycles. The second-order valence-corrected chi connectivity index (χ2v) is 9.12. The molecule has 0 unspecified atom stereocenters. The van der Waals surface area contributed by atoms with E-state index in [-0.39, 0.29) is 10.6 Å². The van der Waals surface area contributed by atoms with Gasteiger partial charge in [0.25, 0.3) is 10.1 Å². The van der Waals surface area contributed by atoms with E-state index in [1.165, 1.54) is 40.3 Å². The van der Waals surface area contributed by atoms with Crippen LogP contribution in [-0.4, -0.2) is 27.7 Å². The highest BCUT2D eigenvalue weighted by atomic mass is 35.5. The molecule has 0 spiro atoms. The Kier molecular flexibility index (Phi) is 5.58. The molecule has 0 fully saturated rings. The predicted octanol–water partition coefficient (Wildman–Crippen LogP) is 4.91. The van der Waals surface area contributed by atoms with Gasteiger partial charge in [-0.05, 0) is 43.3 Å². The van der Waals surface area contributed by atoms with E-state index in [2.05, 4.69) is 20.3 Å². The Bertz CT molecular complexity index is 1450. The highest BCUT2D eigenvalue weighted by molar-refractivity contribution is 7.85. The van der Waals surface area contributed by atoms with Gasteiger partial charge in [0.05, 0.1) is 22.0 Å². The number of aromatic nitrogens is 3. The molecule has 2 N–H and O–H groups in total. The second-order valence-electron chi connectivity index (χ2n) is 6.42. The molecule has 12 heteroatoms. The first-order valence-electron chi connectivity index (χ1n) is 8.75. The molecule has 0 amide bonds. The van der Waals surface area contributed by atoms with Crippen molar-refractivity contribution in [1.29, 1.82) is 0 Å². The largest absolute Gasteiger partial charge is 0.301 e. The Morgan fingerprint density at radius 3 is 2.58 bits per heavy atom. The molecule has 2 aromatic carbocycles. The lowest BCUT2D eigenvalue weighted by molar-refractivity contribution is 0.483. The van der Waals surface area contributed by atoms with Crippen molar-refractivity contribution in [2.45, 2.75) is 11.8 Å². The SMILES string of the molecule is Cc1[nH]n(-c2nc(-c3cccc(Cl)c3)cs2)c(=O)c1N=Nc1ccc(S(=O)(=O)O)cc1. The van der Waals surface area contributed by atoms with Crippen molar-refractivity contribution < 1.29 is 13.0 Å². The zero-order valence-electron chi connectivity index (χ0n) is 15.9. The molecule has 31 heavy (non-hydrogen) atoms. The zero-order valence-corrected chi connectivity index (χ0v) is 18.2. The fourth-order valence-corrected chi connectivity index (χ4v) is 4.19. The quantitative estimate of drug-likeness (QED) is 0.312. The Balaban J connectivity index is 1.63. The number of hydrogen-bond acceptors (Lipinski definition) is 7. The Morgan fingerprint density at radius 1 is 1.16 bits per heavy atom. The van der Waals surface area contributed by atoms with Gasteiger partial charge in [-0.25, -0.2) is 4.98 Å². The molecule has 2 aromatic heterocycles. The predicted molar refractivity (Wildman–Crippen MR) is 118 cm³/mol. The van der Waals surface area contributed by atoms with Crippen molar-refractivity contribution in [2.75, 3.05) is 0 Å². The first kappa shape index (κ1) is 21.1. The molecular weight excluding hydrogens is 462 g/mol. The monoisotopic (exact) mass is 475 g/mol. The van der Waals surface area contributed by atoms with E-state index in [4.69, 9.17) is 16.2 Å². The molecule has 0 aliphatic carbocycles. The number of benzene rings is 2. The Labute approximate surface area is 185 Å². The van der Waals surface area contributed by atoms with Crippen molar-refractivity contribution >= 4 is 44.4 Å². The standard InChI is InChI=1S/C19H14ClN5O4S2/c1-11-17(23-22-14-5-7-15(8-6-14)31(27,28)29)18(26)25(24-11)19-21-16(10-30-19)12-3-2-4-13(20)9-12/h2-10,24H,1H3,(H,27,28,29). The summed E-state index contributed by atoms with van der Waals surface area (Å²) in [5.41, 5.74) is 1.99. The molecule has 4 aromatic rings. The van der Waals surface area contributed by atoms with Crippen molar-refractivity contribution in [3.8, 4) is 16.4 Å². The van der Waals surface area contributed by atoms with Crippen LogP contribution in [0.5, 0.6) is 0 Å². The number of nitrogens with zero attached hydrogens (tertiary/aromatic N) is 4. The van der Waals surface area contributed by atoms with Crippen LogP contribution in [0.15, 0.2) is 73.8 Å². The minimum atomic E-state index is -4.29. The molecule has 158 valence electrons. The summed E-state index contributed by atoms with van der Waals surface area (Å²) in [7, 11) is -4.29. The fraction of sp³-hybridized carbons (Fsp3) is 0.0526. The van der Waals surface area contributed by atoms with Gasteiger partial charge in [0.1, 0.15) is 0 Å². The number of H-pyrrole nitrogens is 1. The van der Waals surface area contributed by atoms with Gasteiger partial charge < -0.3 is 0 Å². The van der Waals surface area contributed by atoms with E-state index < -0.39 is 15.7 Å². The van der Waals surface area contributed by atoms with Crippen molar-refractivity contribution in [3.05, 3.63) is 75.0 Å². The minimum Gasteiger partial charge on any atom is -0.291 e. The van der Waals surface area contributed by atoms with Crippen LogP contribution in [0.4, 0.5) is 11.4 Å². The maximum Gasteiger partial charge on any atom is 0.301 e. The minimum absolute atomic E-state index is 0.0957. The van der Waals surface area contributed by atoms with Gasteiger partial charge in [-0.2, -0.15) is 18.2 Å². The van der Waals surface area contributed by atoms with E-state index in [0.29, 0.717) is 27.2 Å². The van der Waals surface area contributed by atoms with Crippen LogP contribution in [-0.2, 0) is 10.1 Å². The summed E-state index contributed by atoms with van der Waals surface area (Å²) in [5, 5.41) is 13.7. The van der Waals surface area contributed by atoms with Gasteiger partial charge in [0.15, 0.2) is 5.69 Å². The third-order valence-corrected chi connectivity index (χ3v) is 6.17. The zero-order chi connectivity index (χ0) is 22.2. The van der Waals surface area contributed by atoms with E-state index >= 15 is 0 Å². The van der Waals surface area contributed by atoms with Crippen molar-refractivity contribution in [3.63, 3.8) is 0 Å². The summed E-state index contributed by atoms with van der Waals surface area (Å²) in [5.74, 6) is 0. The third-order valence-electron chi connectivity index (χ3n) is 4.24. The van der Waals surface area contributed by atoms with Gasteiger partial charge in [-0.1, -0.05) is 23.7 Å². The van der Waals surface area contributed by atoms with Gasteiger partial charge in [-0.3, -0.25) is 14.4 Å². The summed E-state index contributed by atoms with van der Waals surface area (Å²) >= 11 is 7.32. The molecule has 0 saturated carbocycles. The number of thiazole rings is 1. The summed E-state index contributed by atoms with van der Waals surface area (Å²) < 4.78 is 32.5. The molecule has 0 aliphatic heterocycles. The molecule has 2 heterocycles. The van der Waals surface area contributed by atoms with E-state index in [1.807, 2.05) is 17.5 Å². The first-order chi connectivity index (χ1) is 14.7. The maximum atomic E-state index is 12.8. The van der Waals surface area contributed by atoms with Crippen LogP contribution in [0.2, 0.25) is 5.02 Å². The van der Waals surface area contributed by atoms with Gasteiger partial charge in [0, 0.05) is 16.0 Å². The number of rotatable bonds is 5. The first-order valence-corrected chi connectivity index (χ1v) is 11.4. The van der Waals surface area contributed by atoms with Gasteiger partial charge in [0.2, 0.25) is 5.13 Å². The second kappa shape index (κ2) is 8.19. The molecule has 0 bridgehead atoms. The van der Waals surface area contributed by atoms with Crippen LogP contribution in [0, 0.1) is 6.92 Å². The van der Waals surface area contributed by atoms with Crippen molar-refractivity contribution in [1.82, 2.24) is 14.8 Å². The number of aryl methyl sites for hydroxylation is 1. The normalized spacial score (nSPS) is 12.0. The molecule has 0 aliphatic rings. The average molecular weight is 476 g/mol. The highest BCUT2D eigenvalue weighted by Crippen LogP contribution is 2.26. The summed E-state index contributed by atoms with van der Waals surface area (Å²) in [6, 6.07) is 12.4. The lowest BCUT2D eigenvalue weighted by Crippen LogP contribution is -2.13.